The number of nitriles is 1. The molecule has 0 radical (unpaired) electrons. The topological polar surface area (TPSA) is 68.1 Å². The molecule has 0 amide bonds. The molecule has 34 heavy (non-hydrogen) atoms. The van der Waals surface area contributed by atoms with E-state index in [0.717, 1.165) is 36.5 Å². The van der Waals surface area contributed by atoms with E-state index in [1.165, 1.54) is 38.8 Å². The highest BCUT2D eigenvalue weighted by Gasteiger charge is 2.40. The summed E-state index contributed by atoms with van der Waals surface area (Å²) in [4.78, 5) is 14.1. The van der Waals surface area contributed by atoms with E-state index in [-0.39, 0.29) is 6.04 Å². The van der Waals surface area contributed by atoms with Crippen LogP contribution in [0, 0.1) is 29.1 Å². The first kappa shape index (κ1) is 23.7. The van der Waals surface area contributed by atoms with Crippen molar-refractivity contribution in [3.05, 3.63) is 45.7 Å². The zero-order valence-electron chi connectivity index (χ0n) is 19.8. The maximum atomic E-state index is 9.63. The minimum atomic E-state index is -0.0774. The first-order valence-corrected chi connectivity index (χ1v) is 13.1. The number of rotatable bonds is 6. The Labute approximate surface area is 212 Å². The summed E-state index contributed by atoms with van der Waals surface area (Å²) in [5.41, 5.74) is 1.32. The Morgan fingerprint density at radius 2 is 1.97 bits per heavy atom. The van der Waals surface area contributed by atoms with Crippen LogP contribution >= 0.6 is 23.2 Å². The number of piperidine rings is 1. The molecule has 3 fully saturated rings. The van der Waals surface area contributed by atoms with Gasteiger partial charge in [0.15, 0.2) is 11.5 Å². The van der Waals surface area contributed by atoms with E-state index in [9.17, 15) is 5.26 Å². The predicted octanol–water partition coefficient (Wildman–Crippen LogP) is 5.77. The largest absolute Gasteiger partial charge is 0.362 e. The number of aromatic nitrogens is 2. The van der Waals surface area contributed by atoms with Gasteiger partial charge in [0.2, 0.25) is 0 Å². The average molecular weight is 499 g/mol. The Morgan fingerprint density at radius 3 is 2.68 bits per heavy atom. The van der Waals surface area contributed by atoms with E-state index in [4.69, 9.17) is 28.2 Å². The van der Waals surface area contributed by atoms with Gasteiger partial charge < -0.3 is 15.1 Å². The number of likely N-dealkylation sites (tertiary alicyclic amines) is 1. The van der Waals surface area contributed by atoms with E-state index in [1.807, 2.05) is 19.1 Å². The van der Waals surface area contributed by atoms with Crippen molar-refractivity contribution in [3.63, 3.8) is 0 Å². The Morgan fingerprint density at radius 1 is 1.18 bits per heavy atom. The zero-order chi connectivity index (χ0) is 23.8. The van der Waals surface area contributed by atoms with Crippen molar-refractivity contribution in [2.75, 3.05) is 36.4 Å². The zero-order valence-corrected chi connectivity index (χ0v) is 21.4. The third-order valence-electron chi connectivity index (χ3n) is 7.88. The fraction of sp³-hybridized carbons (Fsp3) is 0.577. The minimum Gasteiger partial charge on any atom is -0.362 e. The molecule has 3 heterocycles. The number of hydrogen-bond acceptors (Lipinski definition) is 6. The van der Waals surface area contributed by atoms with Gasteiger partial charge in [-0.15, -0.1) is 0 Å². The van der Waals surface area contributed by atoms with Crippen LogP contribution in [-0.4, -0.2) is 47.1 Å². The number of halogens is 2. The molecule has 1 saturated carbocycles. The lowest BCUT2D eigenvalue weighted by Crippen LogP contribution is -2.56. The molecule has 0 bridgehead atoms. The predicted molar refractivity (Wildman–Crippen MR) is 137 cm³/mol. The van der Waals surface area contributed by atoms with Gasteiger partial charge in [-0.05, 0) is 74.6 Å². The Kier molecular flexibility index (Phi) is 6.88. The van der Waals surface area contributed by atoms with Gasteiger partial charge in [-0.2, -0.15) is 5.26 Å². The number of benzene rings is 1. The Bertz CT molecular complexity index is 1070. The highest BCUT2D eigenvalue weighted by Crippen LogP contribution is 2.38. The van der Waals surface area contributed by atoms with Crippen molar-refractivity contribution in [1.82, 2.24) is 14.9 Å². The number of nitrogens with one attached hydrogen (secondary N) is 1. The normalized spacial score (nSPS) is 26.3. The second kappa shape index (κ2) is 9.89. The summed E-state index contributed by atoms with van der Waals surface area (Å²) in [5.74, 6) is 3.62. The maximum absolute atomic E-state index is 9.63. The van der Waals surface area contributed by atoms with Crippen molar-refractivity contribution in [1.29, 1.82) is 5.26 Å². The summed E-state index contributed by atoms with van der Waals surface area (Å²) in [5, 5.41) is 14.2. The molecule has 5 rings (SSSR count). The SMILES string of the molecule is CC1CC(N2CCC[C@H](C3CN(c4nc(N[C@H](C)c5ccc(Cl)cc5Cl)cnc4C#N)C3)C2)C1. The van der Waals surface area contributed by atoms with Gasteiger partial charge in [0.05, 0.1) is 12.2 Å². The van der Waals surface area contributed by atoms with Gasteiger partial charge >= 0.3 is 0 Å². The molecule has 2 saturated heterocycles. The van der Waals surface area contributed by atoms with Gasteiger partial charge in [0.25, 0.3) is 0 Å². The van der Waals surface area contributed by atoms with Crippen molar-refractivity contribution < 1.29 is 0 Å². The molecule has 1 aromatic heterocycles. The van der Waals surface area contributed by atoms with Crippen LogP contribution in [0.1, 0.15) is 56.8 Å². The second-order valence-corrected chi connectivity index (χ2v) is 11.2. The van der Waals surface area contributed by atoms with Gasteiger partial charge in [-0.25, -0.2) is 9.97 Å². The van der Waals surface area contributed by atoms with Crippen molar-refractivity contribution in [2.24, 2.45) is 17.8 Å². The second-order valence-electron chi connectivity index (χ2n) is 10.4. The molecule has 2 aliphatic heterocycles. The van der Waals surface area contributed by atoms with Crippen molar-refractivity contribution >= 4 is 34.8 Å². The fourth-order valence-electron chi connectivity index (χ4n) is 5.80. The summed E-state index contributed by atoms with van der Waals surface area (Å²) in [6.45, 7) is 8.77. The molecule has 1 aliphatic carbocycles. The van der Waals surface area contributed by atoms with E-state index in [1.54, 1.807) is 12.3 Å². The van der Waals surface area contributed by atoms with E-state index in [0.29, 0.717) is 33.3 Å². The molecular weight excluding hydrogens is 467 g/mol. The molecule has 2 aromatic rings. The van der Waals surface area contributed by atoms with Crippen molar-refractivity contribution in [3.8, 4) is 6.07 Å². The summed E-state index contributed by atoms with van der Waals surface area (Å²) < 4.78 is 0. The van der Waals surface area contributed by atoms with Crippen LogP contribution in [0.5, 0.6) is 0 Å². The fourth-order valence-corrected chi connectivity index (χ4v) is 6.37. The smallest absolute Gasteiger partial charge is 0.183 e. The lowest BCUT2D eigenvalue weighted by molar-refractivity contribution is 0.0295. The molecule has 1 aromatic carbocycles. The van der Waals surface area contributed by atoms with Crippen LogP contribution in [-0.2, 0) is 0 Å². The quantitative estimate of drug-likeness (QED) is 0.544. The van der Waals surface area contributed by atoms with Gasteiger partial charge in [-0.1, -0.05) is 36.2 Å². The van der Waals surface area contributed by atoms with Crippen LogP contribution in [0.4, 0.5) is 11.6 Å². The highest BCUT2D eigenvalue weighted by molar-refractivity contribution is 6.35. The van der Waals surface area contributed by atoms with E-state index < -0.39 is 0 Å². The standard InChI is InChI=1S/C26H32Cl2N6/c1-16-8-21(9-16)33-7-3-4-18(13-33)19-14-34(15-19)26-24(11-29)30-12-25(32-26)31-17(2)22-6-5-20(27)10-23(22)28/h5-6,10,12,16-19,21H,3-4,7-9,13-15H2,1-2H3,(H,31,32)/t16?,17-,18+,21?/m1/s1. The van der Waals surface area contributed by atoms with Crippen LogP contribution < -0.4 is 10.2 Å². The summed E-state index contributed by atoms with van der Waals surface area (Å²) in [7, 11) is 0. The van der Waals surface area contributed by atoms with Crippen LogP contribution in [0.25, 0.3) is 0 Å². The first-order chi connectivity index (χ1) is 16.4. The average Bonchev–Trinajstić information content (AvgIpc) is 2.76. The van der Waals surface area contributed by atoms with Crippen LogP contribution in [0.3, 0.4) is 0 Å². The van der Waals surface area contributed by atoms with E-state index >= 15 is 0 Å². The van der Waals surface area contributed by atoms with Gasteiger partial charge in [0, 0.05) is 35.7 Å². The summed E-state index contributed by atoms with van der Waals surface area (Å²) in [6.07, 6.45) is 6.97. The lowest BCUT2D eigenvalue weighted by Gasteiger charge is -2.50. The van der Waals surface area contributed by atoms with E-state index in [2.05, 4.69) is 33.1 Å². The molecule has 3 aliphatic rings. The molecule has 180 valence electrons. The molecule has 1 N–H and O–H groups in total. The summed E-state index contributed by atoms with van der Waals surface area (Å²) >= 11 is 12.4. The highest BCUT2D eigenvalue weighted by atomic mass is 35.5. The molecule has 2 atom stereocenters. The van der Waals surface area contributed by atoms with Crippen LogP contribution in [0.15, 0.2) is 24.4 Å². The Hall–Kier alpha value is -2.07. The first-order valence-electron chi connectivity index (χ1n) is 12.4. The summed E-state index contributed by atoms with van der Waals surface area (Å²) in [6, 6.07) is 8.44. The molecular formula is C26H32Cl2N6. The van der Waals surface area contributed by atoms with Crippen LogP contribution in [0.2, 0.25) is 10.0 Å². The third-order valence-corrected chi connectivity index (χ3v) is 8.45. The van der Waals surface area contributed by atoms with Gasteiger partial charge in [0.1, 0.15) is 11.9 Å². The minimum absolute atomic E-state index is 0.0774. The third kappa shape index (κ3) is 4.84. The lowest BCUT2D eigenvalue weighted by atomic mass is 9.76. The molecule has 8 heteroatoms. The molecule has 0 spiro atoms. The molecule has 6 nitrogen and oxygen atoms in total. The number of hydrogen-bond donors (Lipinski definition) is 1. The maximum Gasteiger partial charge on any atom is 0.183 e. The van der Waals surface area contributed by atoms with Crippen molar-refractivity contribution in [2.45, 2.75) is 51.6 Å². The molecule has 0 unspecified atom stereocenters. The Balaban J connectivity index is 1.23. The number of anilines is 2. The monoisotopic (exact) mass is 498 g/mol. The van der Waals surface area contributed by atoms with Gasteiger partial charge in [-0.3, -0.25) is 0 Å². The number of nitrogens with zero attached hydrogens (tertiary/aromatic N) is 5.